The number of carbonyl (C=O) groups excluding carboxylic acids is 2. The van der Waals surface area contributed by atoms with Crippen LogP contribution in [0.1, 0.15) is 28.4 Å². The Morgan fingerprint density at radius 1 is 1.03 bits per heavy atom. The molecule has 1 heterocycles. The molecule has 0 bridgehead atoms. The molecule has 8 heteroatoms. The number of halogens is 1. The Morgan fingerprint density at radius 3 is 2.40 bits per heavy atom. The van der Waals surface area contributed by atoms with Crippen LogP contribution in [0.4, 0.5) is 0 Å². The van der Waals surface area contributed by atoms with Gasteiger partial charge in [0.1, 0.15) is 22.6 Å². The summed E-state index contributed by atoms with van der Waals surface area (Å²) in [5.74, 6) is -0.715. The first-order valence-electron chi connectivity index (χ1n) is 9.13. The first-order valence-corrected chi connectivity index (χ1v) is 9.51. The minimum Gasteiger partial charge on any atom is -0.482 e. The summed E-state index contributed by atoms with van der Waals surface area (Å²) in [6.07, 6.45) is 0. The second-order valence-electron chi connectivity index (χ2n) is 6.50. The second-order valence-corrected chi connectivity index (χ2v) is 6.88. The number of benzene rings is 2. The number of hydrogen-bond donors (Lipinski definition) is 0. The molecule has 3 rings (SSSR count). The summed E-state index contributed by atoms with van der Waals surface area (Å²) in [4.78, 5) is 35.9. The fraction of sp³-hybridized carbons (Fsp3) is 0.227. The molecule has 0 atom stereocenters. The number of fused-ring (bicyclic) bond motifs is 1. The Bertz CT molecular complexity index is 1160. The highest BCUT2D eigenvalue weighted by Crippen LogP contribution is 2.26. The molecular weight excluding hydrogens is 412 g/mol. The lowest BCUT2D eigenvalue weighted by Crippen LogP contribution is -2.18. The molecule has 7 nitrogen and oxygen atoms in total. The highest BCUT2D eigenvalue weighted by atomic mass is 35.5. The van der Waals surface area contributed by atoms with Gasteiger partial charge in [0, 0.05) is 16.5 Å². The molecule has 0 radical (unpaired) electrons. The normalized spacial score (nSPS) is 10.7. The van der Waals surface area contributed by atoms with Crippen molar-refractivity contribution in [2.24, 2.45) is 0 Å². The summed E-state index contributed by atoms with van der Waals surface area (Å²) in [7, 11) is 0. The summed E-state index contributed by atoms with van der Waals surface area (Å²) >= 11 is 6.12. The van der Waals surface area contributed by atoms with E-state index >= 15 is 0 Å². The molecular formula is C22H19ClO7. The lowest BCUT2D eigenvalue weighted by molar-refractivity contribution is -0.136. The Hall–Kier alpha value is -3.32. The summed E-state index contributed by atoms with van der Waals surface area (Å²) in [5.41, 5.74) is 0.819. The van der Waals surface area contributed by atoms with Crippen LogP contribution in [0.2, 0.25) is 5.02 Å². The van der Waals surface area contributed by atoms with Gasteiger partial charge < -0.3 is 18.6 Å². The molecule has 1 aromatic heterocycles. The number of rotatable bonds is 6. The monoisotopic (exact) mass is 430 g/mol. The van der Waals surface area contributed by atoms with Gasteiger partial charge in [0.15, 0.2) is 6.61 Å². The van der Waals surface area contributed by atoms with E-state index in [1.807, 2.05) is 13.8 Å². The van der Waals surface area contributed by atoms with Crippen LogP contribution in [0, 0.1) is 13.8 Å². The summed E-state index contributed by atoms with van der Waals surface area (Å²) in [6, 6.07) is 9.31. The van der Waals surface area contributed by atoms with Gasteiger partial charge in [-0.25, -0.2) is 14.4 Å². The minimum atomic E-state index is -0.832. The van der Waals surface area contributed by atoms with Crippen LogP contribution in [-0.4, -0.2) is 25.2 Å². The summed E-state index contributed by atoms with van der Waals surface area (Å²) in [6.45, 7) is 5.15. The van der Waals surface area contributed by atoms with Gasteiger partial charge in [-0.1, -0.05) is 11.6 Å². The molecule has 30 heavy (non-hydrogen) atoms. The fourth-order valence-electron chi connectivity index (χ4n) is 2.80. The van der Waals surface area contributed by atoms with Crippen LogP contribution in [0.15, 0.2) is 45.6 Å². The third kappa shape index (κ3) is 4.80. The Kier molecular flexibility index (Phi) is 6.42. The van der Waals surface area contributed by atoms with E-state index in [2.05, 4.69) is 0 Å². The lowest BCUT2D eigenvalue weighted by Gasteiger charge is -2.10. The van der Waals surface area contributed by atoms with Crippen LogP contribution in [-0.2, 0) is 9.53 Å². The van der Waals surface area contributed by atoms with E-state index in [9.17, 15) is 14.4 Å². The zero-order chi connectivity index (χ0) is 21.8. The smallest absolute Gasteiger partial charge is 0.351 e. The third-order valence-corrected chi connectivity index (χ3v) is 4.80. The van der Waals surface area contributed by atoms with Gasteiger partial charge in [0.2, 0.25) is 0 Å². The Morgan fingerprint density at radius 2 is 1.73 bits per heavy atom. The van der Waals surface area contributed by atoms with E-state index in [0.717, 1.165) is 11.1 Å². The maximum atomic E-state index is 12.1. The molecule has 0 aliphatic rings. The zero-order valence-corrected chi connectivity index (χ0v) is 17.4. The van der Waals surface area contributed by atoms with Crippen molar-refractivity contribution in [2.75, 3.05) is 13.2 Å². The third-order valence-electron chi connectivity index (χ3n) is 4.20. The maximum Gasteiger partial charge on any atom is 0.351 e. The summed E-state index contributed by atoms with van der Waals surface area (Å²) in [5, 5.41) is 1.13. The lowest BCUT2D eigenvalue weighted by atomic mass is 10.1. The molecule has 156 valence electrons. The van der Waals surface area contributed by atoms with Crippen molar-refractivity contribution in [1.29, 1.82) is 0 Å². The predicted molar refractivity (Wildman–Crippen MR) is 110 cm³/mol. The van der Waals surface area contributed by atoms with Crippen LogP contribution in [0.3, 0.4) is 0 Å². The quantitative estimate of drug-likeness (QED) is 0.328. The van der Waals surface area contributed by atoms with E-state index in [4.69, 9.17) is 30.2 Å². The topological polar surface area (TPSA) is 92.0 Å². The first-order chi connectivity index (χ1) is 14.3. The van der Waals surface area contributed by atoms with Crippen molar-refractivity contribution in [2.45, 2.75) is 20.8 Å². The van der Waals surface area contributed by atoms with Crippen molar-refractivity contribution in [3.8, 4) is 11.5 Å². The largest absolute Gasteiger partial charge is 0.482 e. The minimum absolute atomic E-state index is 0.141. The molecule has 0 aliphatic heterocycles. The van der Waals surface area contributed by atoms with Crippen LogP contribution in [0.25, 0.3) is 11.0 Å². The van der Waals surface area contributed by atoms with Gasteiger partial charge in [-0.05, 0) is 62.2 Å². The van der Waals surface area contributed by atoms with Crippen molar-refractivity contribution >= 4 is 34.5 Å². The second kappa shape index (κ2) is 9.00. The van der Waals surface area contributed by atoms with E-state index < -0.39 is 17.6 Å². The van der Waals surface area contributed by atoms with E-state index in [1.165, 1.54) is 18.2 Å². The van der Waals surface area contributed by atoms with Gasteiger partial charge in [-0.2, -0.15) is 0 Å². The number of esters is 2. The van der Waals surface area contributed by atoms with Gasteiger partial charge in [-0.15, -0.1) is 0 Å². The Balaban J connectivity index is 1.71. The highest BCUT2D eigenvalue weighted by molar-refractivity contribution is 6.32. The molecule has 0 aliphatic carbocycles. The van der Waals surface area contributed by atoms with Gasteiger partial charge in [0.25, 0.3) is 0 Å². The number of ether oxygens (including phenoxy) is 3. The van der Waals surface area contributed by atoms with Crippen molar-refractivity contribution < 1.29 is 28.2 Å². The first kappa shape index (κ1) is 21.4. The molecule has 0 unspecified atom stereocenters. The van der Waals surface area contributed by atoms with Crippen molar-refractivity contribution in [1.82, 2.24) is 0 Å². The molecule has 0 spiro atoms. The number of carbonyl (C=O) groups is 2. The SMILES string of the molecule is CCOC(=O)c1cc2ccc(OC(=O)COc3cc(C)c(Cl)c(C)c3)cc2oc1=O. The van der Waals surface area contributed by atoms with Crippen molar-refractivity contribution in [3.05, 3.63) is 68.5 Å². The van der Waals surface area contributed by atoms with E-state index in [0.29, 0.717) is 16.2 Å². The zero-order valence-electron chi connectivity index (χ0n) is 16.6. The van der Waals surface area contributed by atoms with Gasteiger partial charge in [-0.3, -0.25) is 0 Å². The molecule has 3 aromatic rings. The molecule has 0 saturated carbocycles. The fourth-order valence-corrected chi connectivity index (χ4v) is 2.91. The van der Waals surface area contributed by atoms with Crippen LogP contribution >= 0.6 is 11.6 Å². The van der Waals surface area contributed by atoms with E-state index in [1.54, 1.807) is 25.1 Å². The summed E-state index contributed by atoms with van der Waals surface area (Å²) < 4.78 is 20.7. The van der Waals surface area contributed by atoms with Gasteiger partial charge in [0.05, 0.1) is 6.61 Å². The predicted octanol–water partition coefficient (Wildman–Crippen LogP) is 4.22. The maximum absolute atomic E-state index is 12.1. The van der Waals surface area contributed by atoms with Crippen LogP contribution < -0.4 is 15.1 Å². The molecule has 0 saturated heterocycles. The molecule has 2 aromatic carbocycles. The Labute approximate surface area is 177 Å². The highest BCUT2D eigenvalue weighted by Gasteiger charge is 2.16. The standard InChI is InChI=1S/C22H19ClO7/c1-4-27-21(25)17-9-14-5-6-15(10-18(14)30-22(17)26)29-19(24)11-28-16-7-12(2)20(23)13(3)8-16/h5-10H,4,11H2,1-3H3. The van der Waals surface area contributed by atoms with E-state index in [-0.39, 0.29) is 30.1 Å². The van der Waals surface area contributed by atoms with Crippen LogP contribution in [0.5, 0.6) is 11.5 Å². The van der Waals surface area contributed by atoms with Gasteiger partial charge >= 0.3 is 17.6 Å². The number of hydrogen-bond acceptors (Lipinski definition) is 7. The average molecular weight is 431 g/mol. The average Bonchev–Trinajstić information content (AvgIpc) is 2.70. The molecule has 0 N–H and O–H groups in total. The van der Waals surface area contributed by atoms with Crippen molar-refractivity contribution in [3.63, 3.8) is 0 Å². The number of aryl methyl sites for hydroxylation is 2. The molecule has 0 amide bonds. The molecule has 0 fully saturated rings.